The summed E-state index contributed by atoms with van der Waals surface area (Å²) in [5, 5.41) is 8.85. The van der Waals surface area contributed by atoms with E-state index in [-0.39, 0.29) is 5.75 Å². The van der Waals surface area contributed by atoms with Crippen LogP contribution in [0.5, 0.6) is 11.5 Å². The Kier molecular flexibility index (Phi) is 3.76. The highest BCUT2D eigenvalue weighted by Crippen LogP contribution is 2.35. The first kappa shape index (κ1) is 14.7. The van der Waals surface area contributed by atoms with Crippen molar-refractivity contribution in [1.29, 1.82) is 5.26 Å². The number of benzene rings is 2. The van der Waals surface area contributed by atoms with Crippen molar-refractivity contribution >= 4 is 5.69 Å². The maximum Gasteiger partial charge on any atom is 0.417 e. The number of alkyl halides is 3. The van der Waals surface area contributed by atoms with E-state index >= 15 is 0 Å². The summed E-state index contributed by atoms with van der Waals surface area (Å²) in [6.07, 6.45) is -4.57. The summed E-state index contributed by atoms with van der Waals surface area (Å²) in [4.78, 5) is 0. The molecule has 0 unspecified atom stereocenters. The van der Waals surface area contributed by atoms with Crippen LogP contribution in [0.1, 0.15) is 16.7 Å². The van der Waals surface area contributed by atoms with E-state index in [0.29, 0.717) is 11.4 Å². The number of rotatable bonds is 2. The quantitative estimate of drug-likeness (QED) is 0.841. The molecule has 2 rings (SSSR count). The standard InChI is InChI=1S/C15H11F3N2O/c1-9-2-3-11(20)7-14(9)21-12-4-5-13(15(16,17)18)10(6-12)8-19/h2-7H,20H2,1H3. The van der Waals surface area contributed by atoms with Gasteiger partial charge in [0.1, 0.15) is 11.5 Å². The minimum Gasteiger partial charge on any atom is -0.457 e. The molecule has 0 fully saturated rings. The van der Waals surface area contributed by atoms with Gasteiger partial charge in [0.2, 0.25) is 0 Å². The van der Waals surface area contributed by atoms with E-state index in [4.69, 9.17) is 15.7 Å². The third-order valence-corrected chi connectivity index (χ3v) is 2.86. The van der Waals surface area contributed by atoms with Crippen molar-refractivity contribution in [2.75, 3.05) is 5.73 Å². The monoisotopic (exact) mass is 292 g/mol. The minimum absolute atomic E-state index is 0.147. The van der Waals surface area contributed by atoms with Crippen LogP contribution >= 0.6 is 0 Å². The zero-order chi connectivity index (χ0) is 15.6. The number of aryl methyl sites for hydroxylation is 1. The maximum absolute atomic E-state index is 12.7. The molecule has 0 spiro atoms. The summed E-state index contributed by atoms with van der Waals surface area (Å²) in [5.74, 6) is 0.576. The molecule has 0 aliphatic rings. The molecule has 0 atom stereocenters. The Morgan fingerprint density at radius 3 is 2.48 bits per heavy atom. The van der Waals surface area contributed by atoms with Gasteiger partial charge in [0.05, 0.1) is 17.2 Å². The Bertz CT molecular complexity index is 718. The van der Waals surface area contributed by atoms with Crippen molar-refractivity contribution in [2.45, 2.75) is 13.1 Å². The van der Waals surface area contributed by atoms with E-state index in [1.807, 2.05) is 0 Å². The molecule has 0 heterocycles. The molecule has 0 bridgehead atoms. The number of nitrogens with zero attached hydrogens (tertiary/aromatic N) is 1. The Hall–Kier alpha value is -2.68. The summed E-state index contributed by atoms with van der Waals surface area (Å²) in [6.45, 7) is 1.78. The number of hydrogen-bond donors (Lipinski definition) is 1. The SMILES string of the molecule is Cc1ccc(N)cc1Oc1ccc(C(F)(F)F)c(C#N)c1. The van der Waals surface area contributed by atoms with Gasteiger partial charge in [0.25, 0.3) is 0 Å². The van der Waals surface area contributed by atoms with Crippen LogP contribution in [0.2, 0.25) is 0 Å². The summed E-state index contributed by atoms with van der Waals surface area (Å²) < 4.78 is 43.6. The fourth-order valence-corrected chi connectivity index (χ4v) is 1.78. The molecule has 2 aromatic carbocycles. The first-order valence-electron chi connectivity index (χ1n) is 5.96. The Morgan fingerprint density at radius 1 is 1.14 bits per heavy atom. The molecule has 21 heavy (non-hydrogen) atoms. The van der Waals surface area contributed by atoms with Crippen molar-refractivity contribution in [3.63, 3.8) is 0 Å². The molecule has 2 aromatic rings. The van der Waals surface area contributed by atoms with E-state index in [1.54, 1.807) is 25.1 Å². The number of halogens is 3. The van der Waals surface area contributed by atoms with Crippen LogP contribution in [0.15, 0.2) is 36.4 Å². The van der Waals surface area contributed by atoms with Gasteiger partial charge in [-0.3, -0.25) is 0 Å². The molecule has 3 nitrogen and oxygen atoms in total. The molecule has 108 valence electrons. The van der Waals surface area contributed by atoms with E-state index in [0.717, 1.165) is 17.7 Å². The van der Waals surface area contributed by atoms with Gasteiger partial charge in [-0.2, -0.15) is 18.4 Å². The van der Waals surface area contributed by atoms with Crippen molar-refractivity contribution < 1.29 is 17.9 Å². The third-order valence-electron chi connectivity index (χ3n) is 2.86. The fourth-order valence-electron chi connectivity index (χ4n) is 1.78. The highest BCUT2D eigenvalue weighted by Gasteiger charge is 2.33. The zero-order valence-electron chi connectivity index (χ0n) is 11.0. The smallest absolute Gasteiger partial charge is 0.417 e. The van der Waals surface area contributed by atoms with Gasteiger partial charge in [-0.1, -0.05) is 6.07 Å². The fraction of sp³-hybridized carbons (Fsp3) is 0.133. The van der Waals surface area contributed by atoms with E-state index in [9.17, 15) is 13.2 Å². The van der Waals surface area contributed by atoms with Gasteiger partial charge in [0, 0.05) is 11.8 Å². The Balaban J connectivity index is 2.39. The first-order valence-corrected chi connectivity index (χ1v) is 5.96. The number of anilines is 1. The van der Waals surface area contributed by atoms with Crippen LogP contribution in [-0.4, -0.2) is 0 Å². The molecule has 0 aromatic heterocycles. The number of nitrogen functional groups attached to an aromatic ring is 1. The van der Waals surface area contributed by atoms with Gasteiger partial charge in [0.15, 0.2) is 0 Å². The molecule has 0 aliphatic carbocycles. The van der Waals surface area contributed by atoms with Crippen LogP contribution < -0.4 is 10.5 Å². The molecule has 6 heteroatoms. The third kappa shape index (κ3) is 3.26. The van der Waals surface area contributed by atoms with Crippen molar-refractivity contribution in [3.05, 3.63) is 53.1 Å². The Morgan fingerprint density at radius 2 is 1.86 bits per heavy atom. The average molecular weight is 292 g/mol. The number of nitrogens with two attached hydrogens (primary N) is 1. The van der Waals surface area contributed by atoms with Gasteiger partial charge in [-0.05, 0) is 36.8 Å². The molecule has 0 aliphatic heterocycles. The van der Waals surface area contributed by atoms with E-state index < -0.39 is 17.3 Å². The van der Waals surface area contributed by atoms with Gasteiger partial charge < -0.3 is 10.5 Å². The van der Waals surface area contributed by atoms with Crippen molar-refractivity contribution in [2.24, 2.45) is 0 Å². The largest absolute Gasteiger partial charge is 0.457 e. The molecule has 0 saturated carbocycles. The highest BCUT2D eigenvalue weighted by molar-refractivity contribution is 5.51. The summed E-state index contributed by atoms with van der Waals surface area (Å²) in [7, 11) is 0. The molecule has 0 amide bonds. The second-order valence-electron chi connectivity index (χ2n) is 4.44. The van der Waals surface area contributed by atoms with Crippen molar-refractivity contribution in [3.8, 4) is 17.6 Å². The van der Waals surface area contributed by atoms with Crippen LogP contribution in [0, 0.1) is 18.3 Å². The summed E-state index contributed by atoms with van der Waals surface area (Å²) >= 11 is 0. The normalized spacial score (nSPS) is 11.0. The lowest BCUT2D eigenvalue weighted by atomic mass is 10.1. The van der Waals surface area contributed by atoms with Gasteiger partial charge in [-0.25, -0.2) is 0 Å². The van der Waals surface area contributed by atoms with Crippen LogP contribution in [0.25, 0.3) is 0 Å². The first-order chi connectivity index (χ1) is 9.81. The minimum atomic E-state index is -4.57. The highest BCUT2D eigenvalue weighted by atomic mass is 19.4. The lowest BCUT2D eigenvalue weighted by Crippen LogP contribution is -2.07. The molecule has 0 radical (unpaired) electrons. The van der Waals surface area contributed by atoms with E-state index in [2.05, 4.69) is 0 Å². The topological polar surface area (TPSA) is 59.0 Å². The van der Waals surface area contributed by atoms with Crippen LogP contribution in [-0.2, 0) is 6.18 Å². The molecular formula is C15H11F3N2O. The maximum atomic E-state index is 12.7. The average Bonchev–Trinajstić information content (AvgIpc) is 2.41. The number of nitriles is 1. The summed E-state index contributed by atoms with van der Waals surface area (Å²) in [6, 6.07) is 9.59. The van der Waals surface area contributed by atoms with Crippen LogP contribution in [0.4, 0.5) is 18.9 Å². The molecule has 2 N–H and O–H groups in total. The molecule has 0 saturated heterocycles. The predicted octanol–water partition coefficient (Wildman–Crippen LogP) is 4.26. The Labute approximate surface area is 119 Å². The van der Waals surface area contributed by atoms with Gasteiger partial charge in [-0.15, -0.1) is 0 Å². The van der Waals surface area contributed by atoms with Gasteiger partial charge >= 0.3 is 6.18 Å². The van der Waals surface area contributed by atoms with E-state index in [1.165, 1.54) is 12.1 Å². The number of hydrogen-bond acceptors (Lipinski definition) is 3. The summed E-state index contributed by atoms with van der Waals surface area (Å²) in [5.41, 5.74) is 5.42. The number of ether oxygens (including phenoxy) is 1. The lowest BCUT2D eigenvalue weighted by Gasteiger charge is -2.12. The zero-order valence-corrected chi connectivity index (χ0v) is 11.0. The second kappa shape index (κ2) is 5.37. The van der Waals surface area contributed by atoms with Crippen LogP contribution in [0.3, 0.4) is 0 Å². The molecular weight excluding hydrogens is 281 g/mol. The predicted molar refractivity (Wildman–Crippen MR) is 71.8 cm³/mol. The second-order valence-corrected chi connectivity index (χ2v) is 4.44. The van der Waals surface area contributed by atoms with Crippen molar-refractivity contribution in [1.82, 2.24) is 0 Å². The lowest BCUT2D eigenvalue weighted by molar-refractivity contribution is -0.137.